The predicted octanol–water partition coefficient (Wildman–Crippen LogP) is 4.94. The van der Waals surface area contributed by atoms with E-state index in [0.717, 1.165) is 28.4 Å². The van der Waals surface area contributed by atoms with Crippen LogP contribution in [0.1, 0.15) is 17.2 Å². The van der Waals surface area contributed by atoms with Gasteiger partial charge in [0.2, 0.25) is 5.91 Å². The standard InChI is InChI=1S/C22H23Cl2N3O2S/c23-16-5-7-17(8-6-16)27-12-11-26(22(27)29)15-21(28)25-10-9-20(30-14-13-25)18-3-1-2-4-19(18)24/h1-8,20H,9-15H2. The van der Waals surface area contributed by atoms with E-state index in [-0.39, 0.29) is 23.7 Å². The molecule has 1 unspecified atom stereocenters. The highest BCUT2D eigenvalue weighted by Gasteiger charge is 2.32. The second-order valence-corrected chi connectivity index (χ2v) is 9.54. The molecular weight excluding hydrogens is 441 g/mol. The molecule has 30 heavy (non-hydrogen) atoms. The summed E-state index contributed by atoms with van der Waals surface area (Å²) in [5, 5.41) is 1.69. The van der Waals surface area contributed by atoms with Crippen molar-refractivity contribution in [2.45, 2.75) is 11.7 Å². The maximum Gasteiger partial charge on any atom is 0.325 e. The quantitative estimate of drug-likeness (QED) is 0.644. The highest BCUT2D eigenvalue weighted by atomic mass is 35.5. The van der Waals surface area contributed by atoms with Gasteiger partial charge in [0, 0.05) is 52.9 Å². The minimum absolute atomic E-state index is 0.00159. The summed E-state index contributed by atoms with van der Waals surface area (Å²) in [6.07, 6.45) is 0.852. The van der Waals surface area contributed by atoms with Gasteiger partial charge in [-0.2, -0.15) is 11.8 Å². The number of carbonyl (C=O) groups excluding carboxylic acids is 2. The molecule has 8 heteroatoms. The molecule has 2 saturated heterocycles. The lowest BCUT2D eigenvalue weighted by molar-refractivity contribution is -0.131. The largest absolute Gasteiger partial charge is 0.340 e. The zero-order valence-electron chi connectivity index (χ0n) is 16.5. The topological polar surface area (TPSA) is 43.9 Å². The summed E-state index contributed by atoms with van der Waals surface area (Å²) in [5.74, 6) is 0.855. The predicted molar refractivity (Wildman–Crippen MR) is 124 cm³/mol. The van der Waals surface area contributed by atoms with Crippen LogP contribution in [0.5, 0.6) is 0 Å². The van der Waals surface area contributed by atoms with Gasteiger partial charge in [-0.05, 0) is 42.3 Å². The number of anilines is 1. The summed E-state index contributed by atoms with van der Waals surface area (Å²) in [7, 11) is 0. The first kappa shape index (κ1) is 21.3. The first-order valence-electron chi connectivity index (χ1n) is 9.99. The molecule has 1 atom stereocenters. The number of hydrogen-bond donors (Lipinski definition) is 0. The summed E-state index contributed by atoms with van der Waals surface area (Å²) in [6, 6.07) is 15.0. The second-order valence-electron chi connectivity index (χ2n) is 7.38. The van der Waals surface area contributed by atoms with Crippen molar-refractivity contribution in [2.75, 3.05) is 43.4 Å². The Hall–Kier alpha value is -1.89. The fraction of sp³-hybridized carbons (Fsp3) is 0.364. The molecule has 0 radical (unpaired) electrons. The molecule has 0 bridgehead atoms. The van der Waals surface area contributed by atoms with Crippen LogP contribution in [0.3, 0.4) is 0 Å². The lowest BCUT2D eigenvalue weighted by Crippen LogP contribution is -2.43. The number of urea groups is 1. The fourth-order valence-electron chi connectivity index (χ4n) is 3.86. The van der Waals surface area contributed by atoms with E-state index < -0.39 is 0 Å². The second kappa shape index (κ2) is 9.50. The zero-order chi connectivity index (χ0) is 21.1. The van der Waals surface area contributed by atoms with Crippen molar-refractivity contribution in [3.05, 3.63) is 64.1 Å². The van der Waals surface area contributed by atoms with Gasteiger partial charge in [-0.15, -0.1) is 0 Å². The van der Waals surface area contributed by atoms with Crippen molar-refractivity contribution >= 4 is 52.6 Å². The molecule has 2 aromatic rings. The van der Waals surface area contributed by atoms with Gasteiger partial charge in [0.1, 0.15) is 6.54 Å². The number of amides is 3. The Kier molecular flexibility index (Phi) is 6.76. The fourth-order valence-corrected chi connectivity index (χ4v) is 5.58. The number of nitrogens with zero attached hydrogens (tertiary/aromatic N) is 3. The molecular formula is C22H23Cl2N3O2S. The van der Waals surface area contributed by atoms with E-state index >= 15 is 0 Å². The molecule has 2 aromatic carbocycles. The number of halogens is 2. The Labute approximate surface area is 190 Å². The zero-order valence-corrected chi connectivity index (χ0v) is 18.8. The van der Waals surface area contributed by atoms with Crippen molar-refractivity contribution in [1.29, 1.82) is 0 Å². The molecule has 3 amide bonds. The number of carbonyl (C=O) groups is 2. The normalized spacial score (nSPS) is 19.9. The third-order valence-electron chi connectivity index (χ3n) is 5.51. The Morgan fingerprint density at radius 2 is 1.77 bits per heavy atom. The lowest BCUT2D eigenvalue weighted by Gasteiger charge is -2.24. The molecule has 4 rings (SSSR count). The van der Waals surface area contributed by atoms with Crippen molar-refractivity contribution in [1.82, 2.24) is 9.80 Å². The molecule has 0 aromatic heterocycles. The van der Waals surface area contributed by atoms with E-state index in [4.69, 9.17) is 23.2 Å². The molecule has 0 spiro atoms. The SMILES string of the molecule is O=C(CN1CCN(c2ccc(Cl)cc2)C1=O)N1CCSC(c2ccccc2Cl)CC1. The molecule has 2 aliphatic rings. The maximum atomic E-state index is 12.9. The van der Waals surface area contributed by atoms with Crippen LogP contribution in [0.25, 0.3) is 0 Å². The minimum Gasteiger partial charge on any atom is -0.340 e. The summed E-state index contributed by atoms with van der Waals surface area (Å²) in [6.45, 7) is 2.58. The Morgan fingerprint density at radius 1 is 1.00 bits per heavy atom. The number of hydrogen-bond acceptors (Lipinski definition) is 3. The molecule has 2 heterocycles. The molecule has 5 nitrogen and oxygen atoms in total. The van der Waals surface area contributed by atoms with Crippen molar-refractivity contribution in [3.8, 4) is 0 Å². The van der Waals surface area contributed by atoms with Crippen LogP contribution in [0, 0.1) is 0 Å². The van der Waals surface area contributed by atoms with E-state index in [2.05, 4.69) is 6.07 Å². The van der Waals surface area contributed by atoms with Gasteiger partial charge in [0.25, 0.3) is 0 Å². The average molecular weight is 464 g/mol. The lowest BCUT2D eigenvalue weighted by atomic mass is 10.1. The van der Waals surface area contributed by atoms with Crippen molar-refractivity contribution in [2.24, 2.45) is 0 Å². The van der Waals surface area contributed by atoms with Crippen molar-refractivity contribution < 1.29 is 9.59 Å². The maximum absolute atomic E-state index is 12.9. The van der Waals surface area contributed by atoms with Gasteiger partial charge in [-0.1, -0.05) is 41.4 Å². The Balaban J connectivity index is 1.34. The summed E-state index contributed by atoms with van der Waals surface area (Å²) in [5.41, 5.74) is 1.93. The molecule has 0 saturated carbocycles. The van der Waals surface area contributed by atoms with E-state index in [0.29, 0.717) is 31.2 Å². The van der Waals surface area contributed by atoms with Gasteiger partial charge >= 0.3 is 6.03 Å². The molecule has 158 valence electrons. The smallest absolute Gasteiger partial charge is 0.325 e. The molecule has 0 aliphatic carbocycles. The molecule has 2 aliphatic heterocycles. The van der Waals surface area contributed by atoms with Gasteiger partial charge < -0.3 is 9.80 Å². The summed E-state index contributed by atoms with van der Waals surface area (Å²) in [4.78, 5) is 30.9. The number of benzene rings is 2. The van der Waals surface area contributed by atoms with Crippen LogP contribution in [0.15, 0.2) is 48.5 Å². The van der Waals surface area contributed by atoms with Gasteiger partial charge in [0.15, 0.2) is 0 Å². The number of thioether (sulfide) groups is 1. The highest BCUT2D eigenvalue weighted by molar-refractivity contribution is 7.99. The van der Waals surface area contributed by atoms with Crippen molar-refractivity contribution in [3.63, 3.8) is 0 Å². The van der Waals surface area contributed by atoms with E-state index in [1.807, 2.05) is 47.0 Å². The van der Waals surface area contributed by atoms with Crippen LogP contribution in [0.4, 0.5) is 10.5 Å². The van der Waals surface area contributed by atoms with E-state index in [1.165, 1.54) is 0 Å². The highest BCUT2D eigenvalue weighted by Crippen LogP contribution is 2.37. The van der Waals surface area contributed by atoms with Crippen LogP contribution in [0.2, 0.25) is 10.0 Å². The van der Waals surface area contributed by atoms with Crippen LogP contribution in [-0.2, 0) is 4.79 Å². The average Bonchev–Trinajstić information content (AvgIpc) is 2.95. The van der Waals surface area contributed by atoms with Crippen LogP contribution in [-0.4, -0.2) is 60.2 Å². The molecule has 0 N–H and O–H groups in total. The van der Waals surface area contributed by atoms with Crippen LogP contribution < -0.4 is 4.90 Å². The monoisotopic (exact) mass is 463 g/mol. The minimum atomic E-state index is -0.135. The van der Waals surface area contributed by atoms with Gasteiger partial charge in [-0.3, -0.25) is 9.69 Å². The third kappa shape index (κ3) is 4.71. The molecule has 2 fully saturated rings. The van der Waals surface area contributed by atoms with E-state index in [1.54, 1.807) is 21.9 Å². The summed E-state index contributed by atoms with van der Waals surface area (Å²) < 4.78 is 0. The number of rotatable bonds is 4. The Morgan fingerprint density at radius 3 is 2.53 bits per heavy atom. The Bertz CT molecular complexity index is 925. The first-order chi connectivity index (χ1) is 14.5. The first-order valence-corrected chi connectivity index (χ1v) is 11.8. The van der Waals surface area contributed by atoms with E-state index in [9.17, 15) is 9.59 Å². The third-order valence-corrected chi connectivity index (χ3v) is 7.41. The summed E-state index contributed by atoms with van der Waals surface area (Å²) >= 11 is 14.1. The van der Waals surface area contributed by atoms with Gasteiger partial charge in [-0.25, -0.2) is 4.79 Å². The van der Waals surface area contributed by atoms with Crippen LogP contribution >= 0.6 is 35.0 Å². The van der Waals surface area contributed by atoms with Gasteiger partial charge in [0.05, 0.1) is 0 Å².